The first-order valence-corrected chi connectivity index (χ1v) is 5.96. The van der Waals surface area contributed by atoms with E-state index in [1.165, 1.54) is 11.3 Å². The van der Waals surface area contributed by atoms with E-state index >= 15 is 0 Å². The minimum absolute atomic E-state index is 0.588. The second-order valence-corrected chi connectivity index (χ2v) is 4.44. The van der Waals surface area contributed by atoms with Crippen LogP contribution in [-0.4, -0.2) is 9.38 Å². The fourth-order valence-corrected chi connectivity index (χ4v) is 2.61. The Hall–Kier alpha value is -1.65. The largest absolute Gasteiger partial charge is 0.326 e. The van der Waals surface area contributed by atoms with E-state index in [0.717, 1.165) is 10.5 Å². The van der Waals surface area contributed by atoms with Gasteiger partial charge in [0.25, 0.3) is 0 Å². The second-order valence-electron chi connectivity index (χ2n) is 3.60. The van der Waals surface area contributed by atoms with Gasteiger partial charge in [0.15, 0.2) is 4.96 Å². The molecule has 3 aromatic rings. The number of nitrogens with two attached hydrogens (primary N) is 1. The summed E-state index contributed by atoms with van der Waals surface area (Å²) in [6, 6.07) is 8.33. The lowest BCUT2D eigenvalue weighted by Crippen LogP contribution is -1.95. The van der Waals surface area contributed by atoms with Gasteiger partial charge in [-0.05, 0) is 11.1 Å². The summed E-state index contributed by atoms with van der Waals surface area (Å²) in [5.74, 6) is 0. The molecule has 16 heavy (non-hydrogen) atoms. The number of benzene rings is 1. The van der Waals surface area contributed by atoms with Crippen molar-refractivity contribution in [3.8, 4) is 11.3 Å². The van der Waals surface area contributed by atoms with E-state index < -0.39 is 0 Å². The molecule has 0 aliphatic heterocycles. The summed E-state index contributed by atoms with van der Waals surface area (Å²) in [4.78, 5) is 5.29. The Morgan fingerprint density at radius 1 is 1.25 bits per heavy atom. The summed E-state index contributed by atoms with van der Waals surface area (Å²) >= 11 is 1.65. The van der Waals surface area contributed by atoms with Crippen LogP contribution < -0.4 is 5.73 Å². The maximum absolute atomic E-state index is 5.58. The zero-order chi connectivity index (χ0) is 11.0. The van der Waals surface area contributed by atoms with Crippen molar-refractivity contribution in [2.45, 2.75) is 6.54 Å². The average Bonchev–Trinajstić information content (AvgIpc) is 2.91. The molecule has 0 fully saturated rings. The number of imidazole rings is 1. The van der Waals surface area contributed by atoms with Crippen LogP contribution in [0.25, 0.3) is 16.2 Å². The fourth-order valence-electron chi connectivity index (χ4n) is 1.74. The maximum Gasteiger partial charge on any atom is 0.194 e. The minimum atomic E-state index is 0.588. The Kier molecular flexibility index (Phi) is 2.23. The molecule has 3 nitrogen and oxygen atoms in total. The first-order valence-electron chi connectivity index (χ1n) is 5.08. The highest BCUT2D eigenvalue weighted by Crippen LogP contribution is 2.25. The van der Waals surface area contributed by atoms with Crippen LogP contribution in [0, 0.1) is 0 Å². The van der Waals surface area contributed by atoms with Crippen LogP contribution in [0.15, 0.2) is 42.0 Å². The molecule has 0 saturated carbocycles. The van der Waals surface area contributed by atoms with Crippen LogP contribution in [0.1, 0.15) is 5.56 Å². The van der Waals surface area contributed by atoms with Crippen LogP contribution in [-0.2, 0) is 6.54 Å². The number of hydrogen-bond acceptors (Lipinski definition) is 3. The lowest BCUT2D eigenvalue weighted by atomic mass is 10.1. The van der Waals surface area contributed by atoms with E-state index in [0.29, 0.717) is 6.54 Å². The average molecular weight is 229 g/mol. The first kappa shape index (κ1) is 9.57. The third-order valence-electron chi connectivity index (χ3n) is 2.63. The Morgan fingerprint density at radius 3 is 2.81 bits per heavy atom. The van der Waals surface area contributed by atoms with E-state index in [1.807, 2.05) is 12.4 Å². The van der Waals surface area contributed by atoms with E-state index in [1.54, 1.807) is 11.3 Å². The quantitative estimate of drug-likeness (QED) is 0.733. The third-order valence-corrected chi connectivity index (χ3v) is 3.48. The molecule has 0 radical (unpaired) electrons. The smallest absolute Gasteiger partial charge is 0.194 e. The lowest BCUT2D eigenvalue weighted by Gasteiger charge is -2.01. The van der Waals surface area contributed by atoms with E-state index in [9.17, 15) is 0 Å². The minimum Gasteiger partial charge on any atom is -0.326 e. The van der Waals surface area contributed by atoms with Gasteiger partial charge in [-0.15, -0.1) is 11.3 Å². The molecule has 0 bridgehead atoms. The molecular formula is C12H11N3S. The van der Waals surface area contributed by atoms with Gasteiger partial charge in [-0.25, -0.2) is 4.98 Å². The third kappa shape index (κ3) is 1.43. The number of aromatic nitrogens is 2. The van der Waals surface area contributed by atoms with Gasteiger partial charge >= 0.3 is 0 Å². The Morgan fingerprint density at radius 2 is 2.06 bits per heavy atom. The topological polar surface area (TPSA) is 43.3 Å². The van der Waals surface area contributed by atoms with Crippen LogP contribution in [0.3, 0.4) is 0 Å². The van der Waals surface area contributed by atoms with Gasteiger partial charge in [0.1, 0.15) is 0 Å². The number of fused-ring (bicyclic) bond motifs is 1. The van der Waals surface area contributed by atoms with Gasteiger partial charge in [0, 0.05) is 24.3 Å². The Bertz CT molecular complexity index is 607. The van der Waals surface area contributed by atoms with E-state index in [2.05, 4.69) is 39.0 Å². The Labute approximate surface area is 97.2 Å². The molecule has 0 amide bonds. The first-order chi connectivity index (χ1) is 7.88. The SMILES string of the molecule is NCc1ccc(-c2csc3nccn23)cc1. The molecule has 2 aromatic heterocycles. The van der Waals surface area contributed by atoms with Gasteiger partial charge in [-0.1, -0.05) is 24.3 Å². The summed E-state index contributed by atoms with van der Waals surface area (Å²) in [6.07, 6.45) is 3.81. The van der Waals surface area contributed by atoms with Gasteiger partial charge in [0.05, 0.1) is 5.69 Å². The molecule has 1 aromatic carbocycles. The molecule has 4 heteroatoms. The summed E-state index contributed by atoms with van der Waals surface area (Å²) < 4.78 is 2.10. The lowest BCUT2D eigenvalue weighted by molar-refractivity contribution is 1.07. The number of hydrogen-bond donors (Lipinski definition) is 1. The predicted octanol–water partition coefficient (Wildman–Crippen LogP) is 2.52. The van der Waals surface area contributed by atoms with Gasteiger partial charge < -0.3 is 5.73 Å². The van der Waals surface area contributed by atoms with Crippen molar-refractivity contribution >= 4 is 16.3 Å². The molecule has 80 valence electrons. The number of rotatable bonds is 2. The van der Waals surface area contributed by atoms with Crippen molar-refractivity contribution < 1.29 is 0 Å². The van der Waals surface area contributed by atoms with Crippen molar-refractivity contribution in [3.63, 3.8) is 0 Å². The molecule has 0 atom stereocenters. The molecular weight excluding hydrogens is 218 g/mol. The fraction of sp³-hybridized carbons (Fsp3) is 0.0833. The highest BCUT2D eigenvalue weighted by molar-refractivity contribution is 7.15. The molecule has 2 N–H and O–H groups in total. The van der Waals surface area contributed by atoms with Crippen LogP contribution >= 0.6 is 11.3 Å². The van der Waals surface area contributed by atoms with Gasteiger partial charge in [-0.3, -0.25) is 4.40 Å². The van der Waals surface area contributed by atoms with Crippen LogP contribution in [0.4, 0.5) is 0 Å². The van der Waals surface area contributed by atoms with Gasteiger partial charge in [0.2, 0.25) is 0 Å². The summed E-state index contributed by atoms with van der Waals surface area (Å²) in [5.41, 5.74) is 9.11. The number of nitrogens with zero attached hydrogens (tertiary/aromatic N) is 2. The van der Waals surface area contributed by atoms with Gasteiger partial charge in [-0.2, -0.15) is 0 Å². The van der Waals surface area contributed by atoms with Crippen molar-refractivity contribution in [2.75, 3.05) is 0 Å². The monoisotopic (exact) mass is 229 g/mol. The predicted molar refractivity (Wildman–Crippen MR) is 66.4 cm³/mol. The molecule has 0 aliphatic rings. The van der Waals surface area contributed by atoms with Crippen molar-refractivity contribution in [1.29, 1.82) is 0 Å². The summed E-state index contributed by atoms with van der Waals surface area (Å²) in [6.45, 7) is 0.588. The zero-order valence-electron chi connectivity index (χ0n) is 8.63. The molecule has 3 rings (SSSR count). The maximum atomic E-state index is 5.58. The van der Waals surface area contributed by atoms with E-state index in [-0.39, 0.29) is 0 Å². The second kappa shape index (κ2) is 3.73. The van der Waals surface area contributed by atoms with Crippen molar-refractivity contribution in [3.05, 3.63) is 47.6 Å². The molecule has 0 spiro atoms. The zero-order valence-corrected chi connectivity index (χ0v) is 9.45. The summed E-state index contributed by atoms with van der Waals surface area (Å²) in [5, 5.41) is 2.12. The summed E-state index contributed by atoms with van der Waals surface area (Å²) in [7, 11) is 0. The number of thiazole rings is 1. The normalized spacial score (nSPS) is 11.1. The molecule has 0 unspecified atom stereocenters. The molecule has 0 saturated heterocycles. The Balaban J connectivity index is 2.12. The highest BCUT2D eigenvalue weighted by Gasteiger charge is 2.05. The highest BCUT2D eigenvalue weighted by atomic mass is 32.1. The van der Waals surface area contributed by atoms with Crippen molar-refractivity contribution in [1.82, 2.24) is 9.38 Å². The molecule has 2 heterocycles. The van der Waals surface area contributed by atoms with Crippen molar-refractivity contribution in [2.24, 2.45) is 5.73 Å². The van der Waals surface area contributed by atoms with Crippen LogP contribution in [0.5, 0.6) is 0 Å². The van der Waals surface area contributed by atoms with Crippen LogP contribution in [0.2, 0.25) is 0 Å². The molecule has 0 aliphatic carbocycles. The standard InChI is InChI=1S/C12H11N3S/c13-7-9-1-3-10(4-2-9)11-8-16-12-14-5-6-15(11)12/h1-6,8H,7,13H2. The van der Waals surface area contributed by atoms with E-state index in [4.69, 9.17) is 5.73 Å².